The smallest absolute Gasteiger partial charge is 0.284 e. The lowest BCUT2D eigenvalue weighted by Crippen LogP contribution is -2.22. The van der Waals surface area contributed by atoms with E-state index in [4.69, 9.17) is 0 Å². The Morgan fingerprint density at radius 1 is 1.04 bits per heavy atom. The van der Waals surface area contributed by atoms with Crippen molar-refractivity contribution in [2.45, 2.75) is 0 Å². The van der Waals surface area contributed by atoms with Gasteiger partial charge in [0.2, 0.25) is 5.13 Å². The molecule has 0 fully saturated rings. The minimum absolute atomic E-state index is 0.161. The maximum absolute atomic E-state index is 13.0. The van der Waals surface area contributed by atoms with Crippen LogP contribution in [-0.2, 0) is 4.79 Å². The summed E-state index contributed by atoms with van der Waals surface area (Å²) in [5.74, 6) is -0.161. The first-order valence-electron chi connectivity index (χ1n) is 7.86. The number of thiazole rings is 1. The Morgan fingerprint density at radius 3 is 2.48 bits per heavy atom. The number of hydrogen-bond acceptors (Lipinski definition) is 5. The molecule has 3 aromatic rings. The number of amides is 1. The number of rotatable bonds is 3. The molecule has 2 heterocycles. The second-order valence-electron chi connectivity index (χ2n) is 5.90. The molecule has 6 heteroatoms. The van der Waals surface area contributed by atoms with Crippen molar-refractivity contribution in [3.8, 4) is 0 Å². The molecule has 4 rings (SSSR count). The number of carbonyl (C=O) groups is 1. The molecule has 1 amide bonds. The van der Waals surface area contributed by atoms with E-state index in [2.05, 4.69) is 10.1 Å². The third-order valence-corrected chi connectivity index (χ3v) is 4.79. The number of nitrogens with zero attached hydrogens (tertiary/aromatic N) is 4. The van der Waals surface area contributed by atoms with Gasteiger partial charge < -0.3 is 4.90 Å². The Bertz CT molecular complexity index is 971. The van der Waals surface area contributed by atoms with Crippen molar-refractivity contribution in [1.29, 1.82) is 0 Å². The Balaban J connectivity index is 1.83. The summed E-state index contributed by atoms with van der Waals surface area (Å²) in [5, 5.41) is 6.58. The Morgan fingerprint density at radius 2 is 1.76 bits per heavy atom. The first-order valence-corrected chi connectivity index (χ1v) is 8.68. The molecular formula is C19H16N4OS. The Kier molecular flexibility index (Phi) is 3.82. The van der Waals surface area contributed by atoms with Crippen molar-refractivity contribution in [1.82, 2.24) is 9.88 Å². The number of hydrazone groups is 1. The molecule has 1 aromatic heterocycles. The van der Waals surface area contributed by atoms with Crippen LogP contribution in [-0.4, -0.2) is 35.6 Å². The van der Waals surface area contributed by atoms with Crippen LogP contribution >= 0.6 is 11.3 Å². The van der Waals surface area contributed by atoms with Gasteiger partial charge in [-0.1, -0.05) is 53.8 Å². The average Bonchev–Trinajstić information content (AvgIpc) is 3.17. The fourth-order valence-corrected chi connectivity index (χ4v) is 3.59. The summed E-state index contributed by atoms with van der Waals surface area (Å²) in [6.45, 7) is 0. The highest BCUT2D eigenvalue weighted by Gasteiger charge is 2.34. The number of carbonyl (C=O) groups excluding carboxylic acids is 1. The van der Waals surface area contributed by atoms with Gasteiger partial charge in [0.15, 0.2) is 0 Å². The quantitative estimate of drug-likeness (QED) is 0.681. The van der Waals surface area contributed by atoms with E-state index in [1.165, 1.54) is 16.3 Å². The number of benzene rings is 2. The minimum atomic E-state index is -0.161. The predicted octanol–water partition coefficient (Wildman–Crippen LogP) is 3.49. The Labute approximate surface area is 149 Å². The van der Waals surface area contributed by atoms with Crippen molar-refractivity contribution in [2.24, 2.45) is 5.10 Å². The van der Waals surface area contributed by atoms with Crippen LogP contribution in [0.1, 0.15) is 5.56 Å². The lowest BCUT2D eigenvalue weighted by atomic mass is 10.0. The topological polar surface area (TPSA) is 48.8 Å². The summed E-state index contributed by atoms with van der Waals surface area (Å²) >= 11 is 1.46. The third kappa shape index (κ3) is 2.81. The standard InChI is InChI=1S/C19H16N4OS/c1-22(2)12-14-17(13-8-4-3-5-9-13)21-23(18(14)24)19-20-15-10-6-7-11-16(15)25-19/h3-12H,1-2H3/b14-12-. The van der Waals surface area contributed by atoms with E-state index in [1.54, 1.807) is 0 Å². The molecule has 1 aliphatic heterocycles. The van der Waals surface area contributed by atoms with Crippen LogP contribution in [0.15, 0.2) is 71.5 Å². The molecule has 0 radical (unpaired) electrons. The molecule has 25 heavy (non-hydrogen) atoms. The van der Waals surface area contributed by atoms with Gasteiger partial charge >= 0.3 is 0 Å². The molecule has 2 aromatic carbocycles. The van der Waals surface area contributed by atoms with Crippen LogP contribution in [0.3, 0.4) is 0 Å². The molecule has 0 saturated heterocycles. The average molecular weight is 348 g/mol. The highest BCUT2D eigenvalue weighted by atomic mass is 32.1. The first kappa shape index (κ1) is 15.5. The zero-order valence-electron chi connectivity index (χ0n) is 13.9. The zero-order chi connectivity index (χ0) is 17.4. The van der Waals surface area contributed by atoms with Crippen molar-refractivity contribution in [2.75, 3.05) is 19.1 Å². The van der Waals surface area contributed by atoms with Crippen molar-refractivity contribution < 1.29 is 4.79 Å². The van der Waals surface area contributed by atoms with Crippen molar-refractivity contribution in [3.05, 3.63) is 71.9 Å². The van der Waals surface area contributed by atoms with Gasteiger partial charge in [0.25, 0.3) is 5.91 Å². The Hall–Kier alpha value is -2.99. The van der Waals surface area contributed by atoms with E-state index in [-0.39, 0.29) is 5.91 Å². The maximum atomic E-state index is 13.0. The maximum Gasteiger partial charge on any atom is 0.284 e. The van der Waals surface area contributed by atoms with Crippen LogP contribution in [0.2, 0.25) is 0 Å². The van der Waals surface area contributed by atoms with E-state index >= 15 is 0 Å². The second kappa shape index (κ2) is 6.14. The molecule has 0 spiro atoms. The van der Waals surface area contributed by atoms with E-state index in [0.29, 0.717) is 16.4 Å². The molecule has 5 nitrogen and oxygen atoms in total. The van der Waals surface area contributed by atoms with Crippen LogP contribution in [0, 0.1) is 0 Å². The number of anilines is 1. The van der Waals surface area contributed by atoms with Crippen molar-refractivity contribution in [3.63, 3.8) is 0 Å². The van der Waals surface area contributed by atoms with Gasteiger partial charge in [-0.25, -0.2) is 4.98 Å². The zero-order valence-corrected chi connectivity index (χ0v) is 14.7. The molecule has 0 aliphatic carbocycles. The van der Waals surface area contributed by atoms with E-state index < -0.39 is 0 Å². The summed E-state index contributed by atoms with van der Waals surface area (Å²) in [4.78, 5) is 19.4. The molecule has 0 atom stereocenters. The number of hydrogen-bond donors (Lipinski definition) is 0. The van der Waals surface area contributed by atoms with E-state index in [1.807, 2.05) is 79.8 Å². The molecule has 0 unspecified atom stereocenters. The van der Waals surface area contributed by atoms with Crippen LogP contribution in [0.4, 0.5) is 5.13 Å². The molecule has 0 N–H and O–H groups in total. The highest BCUT2D eigenvalue weighted by Crippen LogP contribution is 2.33. The van der Waals surface area contributed by atoms with Gasteiger partial charge in [-0.15, -0.1) is 0 Å². The fourth-order valence-electron chi connectivity index (χ4n) is 2.68. The van der Waals surface area contributed by atoms with Crippen LogP contribution in [0.25, 0.3) is 10.2 Å². The monoisotopic (exact) mass is 348 g/mol. The lowest BCUT2D eigenvalue weighted by molar-refractivity contribution is -0.114. The van der Waals surface area contributed by atoms with Gasteiger partial charge in [-0.05, 0) is 12.1 Å². The van der Waals surface area contributed by atoms with Gasteiger partial charge in [0.05, 0.1) is 15.8 Å². The summed E-state index contributed by atoms with van der Waals surface area (Å²) < 4.78 is 1.03. The summed E-state index contributed by atoms with van der Waals surface area (Å²) in [6.07, 6.45) is 1.81. The molecule has 0 bridgehead atoms. The van der Waals surface area contributed by atoms with Gasteiger partial charge in [0, 0.05) is 25.9 Å². The molecule has 124 valence electrons. The fraction of sp³-hybridized carbons (Fsp3) is 0.105. The second-order valence-corrected chi connectivity index (χ2v) is 6.91. The first-order chi connectivity index (χ1) is 12.1. The van der Waals surface area contributed by atoms with Crippen molar-refractivity contribution >= 4 is 38.3 Å². The highest BCUT2D eigenvalue weighted by molar-refractivity contribution is 7.22. The number of aromatic nitrogens is 1. The van der Waals surface area contributed by atoms with Gasteiger partial charge in [0.1, 0.15) is 5.71 Å². The van der Waals surface area contributed by atoms with Gasteiger partial charge in [-0.3, -0.25) is 4.79 Å². The third-order valence-electron chi connectivity index (χ3n) is 3.78. The predicted molar refractivity (Wildman–Crippen MR) is 102 cm³/mol. The largest absolute Gasteiger partial charge is 0.383 e. The number of para-hydroxylation sites is 1. The van der Waals surface area contributed by atoms with E-state index in [9.17, 15) is 4.79 Å². The molecular weight excluding hydrogens is 332 g/mol. The summed E-state index contributed by atoms with van der Waals surface area (Å²) in [7, 11) is 3.78. The van der Waals surface area contributed by atoms with Crippen LogP contribution in [0.5, 0.6) is 0 Å². The van der Waals surface area contributed by atoms with Crippen LogP contribution < -0.4 is 5.01 Å². The van der Waals surface area contributed by atoms with E-state index in [0.717, 1.165) is 15.8 Å². The van der Waals surface area contributed by atoms with Gasteiger partial charge in [-0.2, -0.15) is 10.1 Å². The SMILES string of the molecule is CN(C)/C=C1\C(=O)N(c2nc3ccccc3s2)N=C1c1ccccc1. The lowest BCUT2D eigenvalue weighted by Gasteiger charge is -2.09. The molecule has 0 saturated carbocycles. The summed E-state index contributed by atoms with van der Waals surface area (Å²) in [6, 6.07) is 17.6. The number of fused-ring (bicyclic) bond motifs is 1. The normalized spacial score (nSPS) is 15.9. The molecule has 1 aliphatic rings. The minimum Gasteiger partial charge on any atom is -0.383 e. The summed E-state index contributed by atoms with van der Waals surface area (Å²) in [5.41, 5.74) is 3.01.